The van der Waals surface area contributed by atoms with Crippen LogP contribution < -0.4 is 0 Å². The molecular formula is C8H9N3O4. The number of aliphatic carboxylic acids is 1. The number of aromatic nitrogens is 2. The highest BCUT2D eigenvalue weighted by atomic mass is 16.6. The molecule has 0 bridgehead atoms. The number of carbonyl (C=O) groups is 1. The van der Waals surface area contributed by atoms with Crippen LogP contribution in [0.5, 0.6) is 0 Å². The summed E-state index contributed by atoms with van der Waals surface area (Å²) in [5.74, 6) is -1.42. The Bertz CT molecular complexity index is 435. The first-order chi connectivity index (χ1) is 6.91. The van der Waals surface area contributed by atoms with Crippen LogP contribution in [0.15, 0.2) is 18.3 Å². The first-order valence-corrected chi connectivity index (χ1v) is 4.01. The molecule has 1 heterocycles. The van der Waals surface area contributed by atoms with Gasteiger partial charge in [0.05, 0.1) is 29.0 Å². The Balaban J connectivity index is 2.89. The number of hydrogen-bond acceptors (Lipinski definition) is 4. The lowest BCUT2D eigenvalue weighted by molar-refractivity contribution is -0.390. The second-order valence-corrected chi connectivity index (χ2v) is 3.00. The monoisotopic (exact) mass is 211 g/mol. The predicted octanol–water partition coefficient (Wildman–Crippen LogP) is 0.741. The van der Waals surface area contributed by atoms with Gasteiger partial charge in [0.15, 0.2) is 0 Å². The number of aryl methyl sites for hydroxylation is 1. The molecule has 0 saturated heterocycles. The molecule has 0 unspecified atom stereocenters. The van der Waals surface area contributed by atoms with Crippen molar-refractivity contribution in [1.82, 2.24) is 9.78 Å². The highest BCUT2D eigenvalue weighted by molar-refractivity contribution is 5.85. The van der Waals surface area contributed by atoms with E-state index in [0.717, 1.165) is 0 Å². The van der Waals surface area contributed by atoms with Crippen molar-refractivity contribution in [2.75, 3.05) is 0 Å². The molecule has 80 valence electrons. The molecule has 0 atom stereocenters. The van der Waals surface area contributed by atoms with Gasteiger partial charge < -0.3 is 15.2 Å². The summed E-state index contributed by atoms with van der Waals surface area (Å²) in [6.45, 7) is 4.77. The Morgan fingerprint density at radius 1 is 1.80 bits per heavy atom. The molecule has 1 aromatic rings. The minimum absolute atomic E-state index is 0.0655. The first kappa shape index (κ1) is 10.9. The fraction of sp³-hybridized carbons (Fsp3) is 0.250. The third-order valence-electron chi connectivity index (χ3n) is 1.75. The van der Waals surface area contributed by atoms with E-state index in [9.17, 15) is 14.9 Å². The van der Waals surface area contributed by atoms with E-state index in [1.54, 1.807) is 0 Å². The smallest absolute Gasteiger partial charge is 0.392 e. The Kier molecular flexibility index (Phi) is 2.84. The van der Waals surface area contributed by atoms with Gasteiger partial charge in [0.25, 0.3) is 0 Å². The van der Waals surface area contributed by atoms with Crippen LogP contribution in [0.25, 0.3) is 0 Å². The number of carboxylic acids is 1. The van der Waals surface area contributed by atoms with Crippen molar-refractivity contribution in [3.63, 3.8) is 0 Å². The van der Waals surface area contributed by atoms with E-state index in [4.69, 9.17) is 5.11 Å². The summed E-state index contributed by atoms with van der Waals surface area (Å²) in [4.78, 5) is 20.3. The van der Waals surface area contributed by atoms with Crippen LogP contribution in [0.2, 0.25) is 0 Å². The van der Waals surface area contributed by atoms with E-state index in [-0.39, 0.29) is 17.9 Å². The van der Waals surface area contributed by atoms with Gasteiger partial charge in [-0.05, 0) is 11.8 Å². The van der Waals surface area contributed by atoms with Crippen LogP contribution in [-0.4, -0.2) is 25.8 Å². The van der Waals surface area contributed by atoms with Crippen molar-refractivity contribution in [2.45, 2.75) is 13.5 Å². The molecule has 0 amide bonds. The fourth-order valence-corrected chi connectivity index (χ4v) is 1.04. The average Bonchev–Trinajstić information content (AvgIpc) is 2.46. The second kappa shape index (κ2) is 3.91. The van der Waals surface area contributed by atoms with Crippen LogP contribution in [0.3, 0.4) is 0 Å². The number of nitrogens with zero attached hydrogens (tertiary/aromatic N) is 3. The average molecular weight is 211 g/mol. The third-order valence-corrected chi connectivity index (χ3v) is 1.75. The molecule has 0 aliphatic rings. The molecule has 7 heteroatoms. The molecule has 7 nitrogen and oxygen atoms in total. The van der Waals surface area contributed by atoms with Gasteiger partial charge in [0.2, 0.25) is 0 Å². The molecule has 0 radical (unpaired) electrons. The highest BCUT2D eigenvalue weighted by Crippen LogP contribution is 2.14. The number of nitro groups is 1. The van der Waals surface area contributed by atoms with Gasteiger partial charge in [0, 0.05) is 0 Å². The van der Waals surface area contributed by atoms with Crippen LogP contribution in [0, 0.1) is 17.0 Å². The summed E-state index contributed by atoms with van der Waals surface area (Å²) in [6.07, 6.45) is 1.41. The zero-order chi connectivity index (χ0) is 11.6. The van der Waals surface area contributed by atoms with Crippen LogP contribution in [0.1, 0.15) is 5.56 Å². The maximum absolute atomic E-state index is 10.5. The maximum Gasteiger partial charge on any atom is 0.392 e. The quantitative estimate of drug-likeness (QED) is 0.450. The van der Waals surface area contributed by atoms with Crippen molar-refractivity contribution in [1.29, 1.82) is 0 Å². The number of hydrogen-bond donors (Lipinski definition) is 1. The van der Waals surface area contributed by atoms with Crippen LogP contribution in [-0.2, 0) is 11.3 Å². The van der Waals surface area contributed by atoms with Crippen molar-refractivity contribution in [3.8, 4) is 0 Å². The summed E-state index contributed by atoms with van der Waals surface area (Å²) < 4.78 is 1.18. The van der Waals surface area contributed by atoms with Gasteiger partial charge in [-0.1, -0.05) is 6.58 Å². The van der Waals surface area contributed by atoms with Crippen molar-refractivity contribution in [2.24, 2.45) is 0 Å². The SMILES string of the molecule is C=C(Cn1cc(C)c([N+](=O)[O-])n1)C(=O)O. The lowest BCUT2D eigenvalue weighted by atomic mass is 10.3. The largest absolute Gasteiger partial charge is 0.478 e. The van der Waals surface area contributed by atoms with Gasteiger partial charge in [0.1, 0.15) is 0 Å². The molecular weight excluding hydrogens is 202 g/mol. The van der Waals surface area contributed by atoms with Crippen molar-refractivity contribution >= 4 is 11.8 Å². The van der Waals surface area contributed by atoms with Crippen molar-refractivity contribution in [3.05, 3.63) is 34.0 Å². The molecule has 15 heavy (non-hydrogen) atoms. The number of carboxylic acid groups (broad SMARTS) is 1. The summed E-state index contributed by atoms with van der Waals surface area (Å²) in [5.41, 5.74) is 0.311. The number of rotatable bonds is 4. The molecule has 1 rings (SSSR count). The zero-order valence-corrected chi connectivity index (χ0v) is 8.01. The minimum atomic E-state index is -1.15. The Hall–Kier alpha value is -2.18. The Morgan fingerprint density at radius 3 is 2.80 bits per heavy atom. The van der Waals surface area contributed by atoms with Crippen molar-refractivity contribution < 1.29 is 14.8 Å². The Morgan fingerprint density at radius 2 is 2.40 bits per heavy atom. The van der Waals surface area contributed by atoms with Gasteiger partial charge in [-0.2, -0.15) is 4.68 Å². The second-order valence-electron chi connectivity index (χ2n) is 3.00. The topological polar surface area (TPSA) is 98.3 Å². The summed E-state index contributed by atoms with van der Waals surface area (Å²) >= 11 is 0. The standard InChI is InChI=1S/C8H9N3O4/c1-5-3-10(4-6(2)8(12)13)9-7(5)11(14)15/h3H,2,4H2,1H3,(H,12,13). The third kappa shape index (κ3) is 2.39. The molecule has 0 fully saturated rings. The van der Waals surface area contributed by atoms with E-state index in [1.165, 1.54) is 17.8 Å². The molecule has 0 spiro atoms. The van der Waals surface area contributed by atoms with E-state index in [1.807, 2.05) is 0 Å². The molecule has 1 N–H and O–H groups in total. The summed E-state index contributed by atoms with van der Waals surface area (Å²) in [5, 5.41) is 22.6. The lowest BCUT2D eigenvalue weighted by Gasteiger charge is -1.95. The minimum Gasteiger partial charge on any atom is -0.478 e. The molecule has 0 aromatic carbocycles. The van der Waals surface area contributed by atoms with Gasteiger partial charge in [-0.15, -0.1) is 0 Å². The molecule has 0 aliphatic carbocycles. The highest BCUT2D eigenvalue weighted by Gasteiger charge is 2.18. The molecule has 1 aromatic heterocycles. The van der Waals surface area contributed by atoms with E-state index in [0.29, 0.717) is 5.56 Å². The Labute approximate surface area is 84.8 Å². The fourth-order valence-electron chi connectivity index (χ4n) is 1.04. The van der Waals surface area contributed by atoms with E-state index >= 15 is 0 Å². The first-order valence-electron chi connectivity index (χ1n) is 4.01. The summed E-state index contributed by atoms with van der Waals surface area (Å²) in [7, 11) is 0. The van der Waals surface area contributed by atoms with Crippen LogP contribution >= 0.6 is 0 Å². The summed E-state index contributed by atoms with van der Waals surface area (Å²) in [6, 6.07) is 0. The maximum atomic E-state index is 10.5. The van der Waals surface area contributed by atoms with E-state index < -0.39 is 10.9 Å². The van der Waals surface area contributed by atoms with Gasteiger partial charge in [-0.3, -0.25) is 0 Å². The molecule has 0 saturated carbocycles. The lowest BCUT2D eigenvalue weighted by Crippen LogP contribution is -2.08. The molecule has 0 aliphatic heterocycles. The van der Waals surface area contributed by atoms with Gasteiger partial charge >= 0.3 is 11.8 Å². The van der Waals surface area contributed by atoms with E-state index in [2.05, 4.69) is 11.7 Å². The van der Waals surface area contributed by atoms with Crippen LogP contribution in [0.4, 0.5) is 5.82 Å². The normalized spacial score (nSPS) is 9.93. The predicted molar refractivity (Wildman–Crippen MR) is 50.4 cm³/mol. The zero-order valence-electron chi connectivity index (χ0n) is 8.01. The van der Waals surface area contributed by atoms with Gasteiger partial charge in [-0.25, -0.2) is 4.79 Å².